The molecule has 6 heteroatoms. The summed E-state index contributed by atoms with van der Waals surface area (Å²) in [5.74, 6) is 1.05. The number of allylic oxidation sites excluding steroid dienone is 1. The average Bonchev–Trinajstić information content (AvgIpc) is 2.61. The smallest absolute Gasteiger partial charge is 0.258 e. The third-order valence-corrected chi connectivity index (χ3v) is 4.27. The van der Waals surface area contributed by atoms with E-state index in [1.807, 2.05) is 18.2 Å². The standard InChI is InChI=1S/C19H26N2O4/c1-4-5-15-6-7-17(18(12-15)24-3)25-13-19(23)20-16-8-10-21(11-9-16)14(2)22/h4,6-7,12,16H,1,5,8-11,13H2,2-3H3,(H,20,23). The van der Waals surface area contributed by atoms with Crippen molar-refractivity contribution in [3.8, 4) is 11.5 Å². The molecular formula is C19H26N2O4. The maximum Gasteiger partial charge on any atom is 0.258 e. The molecule has 0 unspecified atom stereocenters. The fourth-order valence-corrected chi connectivity index (χ4v) is 2.88. The number of hydrogen-bond acceptors (Lipinski definition) is 4. The molecule has 25 heavy (non-hydrogen) atoms. The summed E-state index contributed by atoms with van der Waals surface area (Å²) in [5.41, 5.74) is 1.07. The Kier molecular flexibility index (Phi) is 6.86. The van der Waals surface area contributed by atoms with Crippen molar-refractivity contribution in [1.29, 1.82) is 0 Å². The quantitative estimate of drug-likeness (QED) is 0.766. The van der Waals surface area contributed by atoms with E-state index in [0.29, 0.717) is 24.6 Å². The third-order valence-electron chi connectivity index (χ3n) is 4.27. The number of amides is 2. The molecule has 0 aliphatic carbocycles. The van der Waals surface area contributed by atoms with Gasteiger partial charge in [-0.25, -0.2) is 0 Å². The van der Waals surface area contributed by atoms with E-state index in [4.69, 9.17) is 9.47 Å². The summed E-state index contributed by atoms with van der Waals surface area (Å²) in [6, 6.07) is 5.70. The summed E-state index contributed by atoms with van der Waals surface area (Å²) in [4.78, 5) is 25.2. The number of benzene rings is 1. The highest BCUT2D eigenvalue weighted by Gasteiger charge is 2.22. The van der Waals surface area contributed by atoms with E-state index in [-0.39, 0.29) is 24.5 Å². The van der Waals surface area contributed by atoms with Crippen molar-refractivity contribution in [2.45, 2.75) is 32.2 Å². The summed E-state index contributed by atoms with van der Waals surface area (Å²) in [6.45, 7) is 6.58. The van der Waals surface area contributed by atoms with Crippen molar-refractivity contribution in [3.63, 3.8) is 0 Å². The molecule has 6 nitrogen and oxygen atoms in total. The van der Waals surface area contributed by atoms with E-state index in [1.165, 1.54) is 0 Å². The lowest BCUT2D eigenvalue weighted by Gasteiger charge is -2.31. The van der Waals surface area contributed by atoms with Gasteiger partial charge in [0.05, 0.1) is 7.11 Å². The second-order valence-electron chi connectivity index (χ2n) is 6.11. The Morgan fingerprint density at radius 2 is 2.04 bits per heavy atom. The first-order valence-corrected chi connectivity index (χ1v) is 8.49. The molecule has 2 rings (SSSR count). The van der Waals surface area contributed by atoms with Crippen LogP contribution in [0.1, 0.15) is 25.3 Å². The van der Waals surface area contributed by atoms with Crippen LogP contribution < -0.4 is 14.8 Å². The van der Waals surface area contributed by atoms with E-state index in [0.717, 1.165) is 24.8 Å². The van der Waals surface area contributed by atoms with Crippen LogP contribution in [0.15, 0.2) is 30.9 Å². The molecule has 2 amide bonds. The normalized spacial score (nSPS) is 14.7. The Morgan fingerprint density at radius 1 is 1.32 bits per heavy atom. The summed E-state index contributed by atoms with van der Waals surface area (Å²) in [5, 5.41) is 2.96. The van der Waals surface area contributed by atoms with Crippen molar-refractivity contribution >= 4 is 11.8 Å². The summed E-state index contributed by atoms with van der Waals surface area (Å²) in [6.07, 6.45) is 4.10. The van der Waals surface area contributed by atoms with Crippen LogP contribution in [0.25, 0.3) is 0 Å². The largest absolute Gasteiger partial charge is 0.493 e. The molecule has 1 aliphatic rings. The highest BCUT2D eigenvalue weighted by molar-refractivity contribution is 5.78. The van der Waals surface area contributed by atoms with Crippen molar-refractivity contribution < 1.29 is 19.1 Å². The molecule has 1 aromatic rings. The van der Waals surface area contributed by atoms with Gasteiger partial charge in [-0.2, -0.15) is 0 Å². The predicted octanol–water partition coefficient (Wildman–Crippen LogP) is 1.93. The topological polar surface area (TPSA) is 67.9 Å². The Labute approximate surface area is 148 Å². The van der Waals surface area contributed by atoms with E-state index >= 15 is 0 Å². The lowest BCUT2D eigenvalue weighted by molar-refractivity contribution is -0.130. The highest BCUT2D eigenvalue weighted by Crippen LogP contribution is 2.28. The van der Waals surface area contributed by atoms with Gasteiger partial charge in [0, 0.05) is 26.1 Å². The van der Waals surface area contributed by atoms with Crippen molar-refractivity contribution in [3.05, 3.63) is 36.4 Å². The van der Waals surface area contributed by atoms with Crippen LogP contribution in [0.3, 0.4) is 0 Å². The molecule has 1 heterocycles. The first-order valence-electron chi connectivity index (χ1n) is 8.49. The van der Waals surface area contributed by atoms with Gasteiger partial charge in [0.15, 0.2) is 18.1 Å². The molecule has 1 saturated heterocycles. The first kappa shape index (κ1) is 18.8. The molecule has 0 bridgehead atoms. The van der Waals surface area contributed by atoms with Gasteiger partial charge in [0.2, 0.25) is 5.91 Å². The SMILES string of the molecule is C=CCc1ccc(OCC(=O)NC2CCN(C(C)=O)CC2)c(OC)c1. The van der Waals surface area contributed by atoms with Gasteiger partial charge in [-0.3, -0.25) is 9.59 Å². The molecule has 0 atom stereocenters. The number of hydrogen-bond donors (Lipinski definition) is 1. The second kappa shape index (κ2) is 9.11. The Morgan fingerprint density at radius 3 is 2.64 bits per heavy atom. The number of nitrogens with one attached hydrogen (secondary N) is 1. The minimum atomic E-state index is -0.168. The fraction of sp³-hybridized carbons (Fsp3) is 0.474. The maximum atomic E-state index is 12.1. The van der Waals surface area contributed by atoms with Crippen LogP contribution in [0.5, 0.6) is 11.5 Å². The number of nitrogens with zero attached hydrogens (tertiary/aromatic N) is 1. The van der Waals surface area contributed by atoms with Crippen LogP contribution in [0, 0.1) is 0 Å². The van der Waals surface area contributed by atoms with Crippen molar-refractivity contribution in [2.75, 3.05) is 26.8 Å². The average molecular weight is 346 g/mol. The number of ether oxygens (including phenoxy) is 2. The van der Waals surface area contributed by atoms with Crippen molar-refractivity contribution in [1.82, 2.24) is 10.2 Å². The van der Waals surface area contributed by atoms with Crippen LogP contribution in [-0.4, -0.2) is 49.6 Å². The third kappa shape index (κ3) is 5.52. The second-order valence-corrected chi connectivity index (χ2v) is 6.11. The molecule has 1 aromatic carbocycles. The van der Waals surface area contributed by atoms with E-state index in [2.05, 4.69) is 11.9 Å². The molecule has 1 aliphatic heterocycles. The minimum absolute atomic E-state index is 0.0654. The molecular weight excluding hydrogens is 320 g/mol. The number of carbonyl (C=O) groups excluding carboxylic acids is 2. The monoisotopic (exact) mass is 346 g/mol. The first-order chi connectivity index (χ1) is 12.0. The zero-order chi connectivity index (χ0) is 18.2. The zero-order valence-corrected chi connectivity index (χ0v) is 14.9. The zero-order valence-electron chi connectivity index (χ0n) is 14.9. The van der Waals surface area contributed by atoms with E-state index < -0.39 is 0 Å². The number of methoxy groups -OCH3 is 1. The Bertz CT molecular complexity index is 622. The van der Waals surface area contributed by atoms with E-state index in [1.54, 1.807) is 25.0 Å². The molecule has 0 aromatic heterocycles. The number of piperidine rings is 1. The van der Waals surface area contributed by atoms with Gasteiger partial charge in [0.25, 0.3) is 5.91 Å². The maximum absolute atomic E-state index is 12.1. The molecule has 1 N–H and O–H groups in total. The molecule has 136 valence electrons. The van der Waals surface area contributed by atoms with Gasteiger partial charge in [-0.05, 0) is 37.0 Å². The number of rotatable bonds is 7. The van der Waals surface area contributed by atoms with Gasteiger partial charge < -0.3 is 19.7 Å². The lowest BCUT2D eigenvalue weighted by atomic mass is 10.1. The van der Waals surface area contributed by atoms with Crippen LogP contribution in [-0.2, 0) is 16.0 Å². The van der Waals surface area contributed by atoms with Crippen LogP contribution >= 0.6 is 0 Å². The molecule has 0 spiro atoms. The molecule has 0 radical (unpaired) electrons. The predicted molar refractivity (Wildman–Crippen MR) is 95.8 cm³/mol. The lowest BCUT2D eigenvalue weighted by Crippen LogP contribution is -2.47. The molecule has 0 saturated carbocycles. The van der Waals surface area contributed by atoms with Crippen LogP contribution in [0.4, 0.5) is 0 Å². The van der Waals surface area contributed by atoms with E-state index in [9.17, 15) is 9.59 Å². The number of carbonyl (C=O) groups is 2. The van der Waals surface area contributed by atoms with Gasteiger partial charge in [-0.1, -0.05) is 12.1 Å². The fourth-order valence-electron chi connectivity index (χ4n) is 2.88. The van der Waals surface area contributed by atoms with Gasteiger partial charge in [-0.15, -0.1) is 6.58 Å². The van der Waals surface area contributed by atoms with Crippen molar-refractivity contribution in [2.24, 2.45) is 0 Å². The number of likely N-dealkylation sites (tertiary alicyclic amines) is 1. The van der Waals surface area contributed by atoms with Gasteiger partial charge >= 0.3 is 0 Å². The minimum Gasteiger partial charge on any atom is -0.493 e. The highest BCUT2D eigenvalue weighted by atomic mass is 16.5. The van der Waals surface area contributed by atoms with Gasteiger partial charge in [0.1, 0.15) is 0 Å². The Hall–Kier alpha value is -2.50. The summed E-state index contributed by atoms with van der Waals surface area (Å²) < 4.78 is 10.9. The van der Waals surface area contributed by atoms with Crippen LogP contribution in [0.2, 0.25) is 0 Å². The summed E-state index contributed by atoms with van der Waals surface area (Å²) in [7, 11) is 1.57. The Balaban J connectivity index is 1.82. The summed E-state index contributed by atoms with van der Waals surface area (Å²) >= 11 is 0. The molecule has 1 fully saturated rings.